The molecule has 8 nitrogen and oxygen atoms in total. The molecule has 0 atom stereocenters. The number of hydrogen-bond acceptors (Lipinski definition) is 8. The van der Waals surface area contributed by atoms with Crippen molar-refractivity contribution < 1.29 is 36.7 Å². The van der Waals surface area contributed by atoms with Crippen molar-refractivity contribution in [2.45, 2.75) is 87.0 Å². The van der Waals surface area contributed by atoms with Crippen molar-refractivity contribution in [2.24, 2.45) is 0 Å². The maximum atomic E-state index is 12.2. The molecule has 2 spiro atoms. The van der Waals surface area contributed by atoms with Crippen LogP contribution in [0.2, 0.25) is 0 Å². The van der Waals surface area contributed by atoms with Crippen molar-refractivity contribution in [1.29, 1.82) is 0 Å². The summed E-state index contributed by atoms with van der Waals surface area (Å²) < 4.78 is 52.1. The van der Waals surface area contributed by atoms with Crippen LogP contribution in [-0.4, -0.2) is 63.7 Å². The highest BCUT2D eigenvalue weighted by Gasteiger charge is 2.42. The highest BCUT2D eigenvalue weighted by molar-refractivity contribution is 7.86. The van der Waals surface area contributed by atoms with Gasteiger partial charge in [-0.1, -0.05) is 17.7 Å². The number of ether oxygens (including phenoxy) is 4. The van der Waals surface area contributed by atoms with Gasteiger partial charge in [-0.2, -0.15) is 8.42 Å². The molecule has 1 aromatic carbocycles. The van der Waals surface area contributed by atoms with Crippen molar-refractivity contribution in [1.82, 2.24) is 0 Å². The molecular weight excluding hydrogens is 436 g/mol. The second-order valence-electron chi connectivity index (χ2n) is 9.01. The van der Waals surface area contributed by atoms with E-state index < -0.39 is 15.9 Å². The fraction of sp³-hybridized carbons (Fsp3) is 0.739. The van der Waals surface area contributed by atoms with E-state index in [0.717, 1.165) is 44.5 Å². The summed E-state index contributed by atoms with van der Waals surface area (Å²) in [7, 11) is -3.69. The van der Waals surface area contributed by atoms with E-state index in [0.29, 0.717) is 38.9 Å². The fourth-order valence-electron chi connectivity index (χ4n) is 4.68. The van der Waals surface area contributed by atoms with E-state index in [-0.39, 0.29) is 22.9 Å². The summed E-state index contributed by atoms with van der Waals surface area (Å²) in [6.07, 6.45) is 5.55. The molecule has 4 aliphatic rings. The predicted molar refractivity (Wildman–Crippen MR) is 115 cm³/mol. The van der Waals surface area contributed by atoms with Crippen LogP contribution in [0, 0.1) is 6.92 Å². The molecular formula is C23H34O8S. The Balaban J connectivity index is 0.000000186. The lowest BCUT2D eigenvalue weighted by atomic mass is 9.92. The number of aliphatic hydroxyl groups is 1. The minimum absolute atomic E-state index is 0.131. The smallest absolute Gasteiger partial charge is 0.297 e. The molecule has 2 heterocycles. The summed E-state index contributed by atoms with van der Waals surface area (Å²) in [5, 5.41) is 9.24. The van der Waals surface area contributed by atoms with E-state index in [1.807, 2.05) is 6.92 Å². The molecule has 5 rings (SSSR count). The molecule has 0 aromatic heterocycles. The van der Waals surface area contributed by atoms with Gasteiger partial charge in [-0.25, -0.2) is 0 Å². The average Bonchev–Trinajstić information content (AvgIpc) is 3.43. The maximum Gasteiger partial charge on any atom is 0.297 e. The van der Waals surface area contributed by atoms with Gasteiger partial charge in [0.05, 0.1) is 43.5 Å². The second kappa shape index (κ2) is 10.0. The quantitative estimate of drug-likeness (QED) is 0.673. The summed E-state index contributed by atoms with van der Waals surface area (Å²) in [4.78, 5) is 0.210. The Hall–Kier alpha value is -1.07. The van der Waals surface area contributed by atoms with Crippen LogP contribution in [0.5, 0.6) is 0 Å². The highest BCUT2D eigenvalue weighted by atomic mass is 32.2. The van der Waals surface area contributed by atoms with Gasteiger partial charge in [0, 0.05) is 25.7 Å². The minimum Gasteiger partial charge on any atom is -0.393 e. The van der Waals surface area contributed by atoms with E-state index in [1.165, 1.54) is 0 Å². The number of aryl methyl sites for hydroxylation is 1. The van der Waals surface area contributed by atoms with E-state index in [2.05, 4.69) is 0 Å². The van der Waals surface area contributed by atoms with E-state index in [1.54, 1.807) is 24.3 Å². The average molecular weight is 471 g/mol. The molecule has 9 heteroatoms. The van der Waals surface area contributed by atoms with Crippen LogP contribution in [0.15, 0.2) is 29.2 Å². The lowest BCUT2D eigenvalue weighted by Crippen LogP contribution is -2.38. The van der Waals surface area contributed by atoms with Crippen LogP contribution >= 0.6 is 0 Å². The Morgan fingerprint density at radius 3 is 1.72 bits per heavy atom. The molecule has 0 unspecified atom stereocenters. The van der Waals surface area contributed by atoms with Gasteiger partial charge in [-0.05, 0) is 44.7 Å². The lowest BCUT2D eigenvalue weighted by molar-refractivity contribution is -0.187. The van der Waals surface area contributed by atoms with Crippen LogP contribution < -0.4 is 0 Å². The second-order valence-corrected chi connectivity index (χ2v) is 10.6. The third kappa shape index (κ3) is 5.88. The first kappa shape index (κ1) is 24.1. The zero-order chi connectivity index (χ0) is 22.7. The highest BCUT2D eigenvalue weighted by Crippen LogP contribution is 2.38. The summed E-state index contributed by atoms with van der Waals surface area (Å²) in [6.45, 7) is 4.59. The number of aliphatic hydroxyl groups excluding tert-OH is 1. The third-order valence-electron chi connectivity index (χ3n) is 6.61. The van der Waals surface area contributed by atoms with E-state index in [9.17, 15) is 13.5 Å². The van der Waals surface area contributed by atoms with Crippen LogP contribution in [0.3, 0.4) is 0 Å². The number of rotatable bonds is 3. The zero-order valence-corrected chi connectivity index (χ0v) is 19.5. The normalized spacial score (nSPS) is 27.4. The Labute approximate surface area is 190 Å². The van der Waals surface area contributed by atoms with Gasteiger partial charge >= 0.3 is 0 Å². The summed E-state index contributed by atoms with van der Waals surface area (Å²) in [5.41, 5.74) is 1.02. The Morgan fingerprint density at radius 2 is 1.25 bits per heavy atom. The van der Waals surface area contributed by atoms with Crippen molar-refractivity contribution in [3.8, 4) is 0 Å². The third-order valence-corrected chi connectivity index (χ3v) is 7.99. The molecule has 0 amide bonds. The maximum absolute atomic E-state index is 12.2. The fourth-order valence-corrected chi connectivity index (χ4v) is 5.81. The largest absolute Gasteiger partial charge is 0.393 e. The van der Waals surface area contributed by atoms with Gasteiger partial charge in [0.15, 0.2) is 11.6 Å². The Kier molecular flexibility index (Phi) is 7.56. The van der Waals surface area contributed by atoms with Gasteiger partial charge in [0.2, 0.25) is 0 Å². The van der Waals surface area contributed by atoms with Crippen LogP contribution in [0.1, 0.15) is 56.9 Å². The number of hydrogen-bond donors (Lipinski definition) is 1. The van der Waals surface area contributed by atoms with Crippen LogP contribution in [0.4, 0.5) is 0 Å². The molecule has 1 aromatic rings. The standard InChI is InChI=1S/C15H20O5S.C8H14O3/c1-12-2-4-14(5-3-12)21(16,17)20-13-6-8-15(9-7-13)18-10-11-19-15;9-7-1-3-8(4-2-7)10-5-6-11-8/h2-5,13H,6-11H2,1H3;7,9H,1-6H2. The molecule has 0 bridgehead atoms. The van der Waals surface area contributed by atoms with Gasteiger partial charge in [0.25, 0.3) is 10.1 Å². The first-order chi connectivity index (χ1) is 15.3. The summed E-state index contributed by atoms with van der Waals surface area (Å²) in [5.74, 6) is -0.799. The summed E-state index contributed by atoms with van der Waals surface area (Å²) >= 11 is 0. The SMILES string of the molecule is Cc1ccc(S(=O)(=O)OC2CCC3(CC2)OCCO3)cc1.OC1CCC2(CC1)OCCO2. The molecule has 2 aliphatic heterocycles. The molecule has 2 saturated carbocycles. The Morgan fingerprint density at radius 1 is 0.812 bits per heavy atom. The minimum atomic E-state index is -3.69. The first-order valence-electron chi connectivity index (χ1n) is 11.5. The van der Waals surface area contributed by atoms with Gasteiger partial charge in [-0.15, -0.1) is 0 Å². The number of benzene rings is 1. The first-order valence-corrected chi connectivity index (χ1v) is 12.9. The van der Waals surface area contributed by atoms with Gasteiger partial charge in [-0.3, -0.25) is 4.18 Å². The molecule has 32 heavy (non-hydrogen) atoms. The van der Waals surface area contributed by atoms with Crippen molar-refractivity contribution >= 4 is 10.1 Å². The summed E-state index contributed by atoms with van der Waals surface area (Å²) in [6, 6.07) is 6.70. The molecule has 180 valence electrons. The van der Waals surface area contributed by atoms with Gasteiger partial charge < -0.3 is 24.1 Å². The molecule has 2 saturated heterocycles. The van der Waals surface area contributed by atoms with Gasteiger partial charge in [0.1, 0.15) is 0 Å². The molecule has 2 aliphatic carbocycles. The van der Waals surface area contributed by atoms with E-state index >= 15 is 0 Å². The molecule has 0 radical (unpaired) electrons. The zero-order valence-electron chi connectivity index (χ0n) is 18.7. The predicted octanol–water partition coefficient (Wildman–Crippen LogP) is 3.05. The van der Waals surface area contributed by atoms with Crippen LogP contribution in [-0.2, 0) is 33.2 Å². The van der Waals surface area contributed by atoms with Crippen molar-refractivity contribution in [3.05, 3.63) is 29.8 Å². The van der Waals surface area contributed by atoms with Crippen molar-refractivity contribution in [3.63, 3.8) is 0 Å². The lowest BCUT2D eigenvalue weighted by Gasteiger charge is -2.34. The van der Waals surface area contributed by atoms with Crippen LogP contribution in [0.25, 0.3) is 0 Å². The van der Waals surface area contributed by atoms with Crippen molar-refractivity contribution in [2.75, 3.05) is 26.4 Å². The topological polar surface area (TPSA) is 101 Å². The molecule has 4 fully saturated rings. The van der Waals surface area contributed by atoms with E-state index in [4.69, 9.17) is 23.1 Å². The monoisotopic (exact) mass is 470 g/mol. The Bertz CT molecular complexity index is 821. The molecule has 1 N–H and O–H groups in total.